The van der Waals surface area contributed by atoms with E-state index in [0.29, 0.717) is 39.0 Å². The van der Waals surface area contributed by atoms with Crippen molar-refractivity contribution in [3.05, 3.63) is 0 Å². The van der Waals surface area contributed by atoms with Crippen molar-refractivity contribution in [2.75, 3.05) is 26.2 Å². The van der Waals surface area contributed by atoms with Crippen LogP contribution in [0.3, 0.4) is 0 Å². The molecule has 0 saturated carbocycles. The van der Waals surface area contributed by atoms with Gasteiger partial charge in [-0.1, -0.05) is 0 Å². The van der Waals surface area contributed by atoms with E-state index < -0.39 is 5.60 Å². The monoisotopic (exact) mass is 285 g/mol. The molecule has 0 aromatic rings. The molecule has 0 spiro atoms. The Bertz CT molecular complexity index is 342. The molecule has 0 unspecified atom stereocenters. The Labute approximate surface area is 121 Å². The van der Waals surface area contributed by atoms with Gasteiger partial charge in [0.25, 0.3) is 0 Å². The topological polar surface area (TPSA) is 75.9 Å². The normalized spacial score (nSPS) is 17.9. The van der Waals surface area contributed by atoms with Crippen LogP contribution in [0.5, 0.6) is 0 Å². The summed E-state index contributed by atoms with van der Waals surface area (Å²) in [5.41, 5.74) is 5.17. The molecule has 0 aromatic heterocycles. The summed E-state index contributed by atoms with van der Waals surface area (Å²) >= 11 is 0. The summed E-state index contributed by atoms with van der Waals surface area (Å²) in [4.78, 5) is 27.3. The highest BCUT2D eigenvalue weighted by molar-refractivity contribution is 5.76. The predicted octanol–water partition coefficient (Wildman–Crippen LogP) is 1.19. The first-order valence-electron chi connectivity index (χ1n) is 7.20. The van der Waals surface area contributed by atoms with E-state index in [2.05, 4.69) is 0 Å². The third-order valence-corrected chi connectivity index (χ3v) is 3.10. The van der Waals surface area contributed by atoms with Crippen molar-refractivity contribution >= 4 is 12.0 Å². The van der Waals surface area contributed by atoms with Gasteiger partial charge in [0.1, 0.15) is 5.60 Å². The molecule has 20 heavy (non-hydrogen) atoms. The summed E-state index contributed by atoms with van der Waals surface area (Å²) in [5.74, 6) is 0.117. The number of hydrogen-bond acceptors (Lipinski definition) is 4. The van der Waals surface area contributed by atoms with E-state index in [0.717, 1.165) is 0 Å². The molecule has 2 amide bonds. The summed E-state index contributed by atoms with van der Waals surface area (Å²) in [6, 6.07) is 0.0435. The molecule has 116 valence electrons. The first-order chi connectivity index (χ1) is 9.19. The van der Waals surface area contributed by atoms with Crippen LogP contribution >= 0.6 is 0 Å². The smallest absolute Gasteiger partial charge is 0.410 e. The highest BCUT2D eigenvalue weighted by atomic mass is 16.6. The zero-order valence-corrected chi connectivity index (χ0v) is 13.0. The second-order valence-electron chi connectivity index (χ2n) is 6.36. The molecule has 1 atom stereocenters. The SMILES string of the molecule is C[C@@H](N)CCC(=O)N1CCN(C(=O)OC(C)(C)C)CC1. The van der Waals surface area contributed by atoms with Crippen molar-refractivity contribution in [2.24, 2.45) is 5.73 Å². The molecule has 1 rings (SSSR count). The highest BCUT2D eigenvalue weighted by Gasteiger charge is 2.27. The van der Waals surface area contributed by atoms with Gasteiger partial charge in [0.05, 0.1) is 0 Å². The molecule has 1 saturated heterocycles. The maximum absolute atomic E-state index is 11.9. The molecule has 0 radical (unpaired) electrons. The molecule has 6 heteroatoms. The molecular weight excluding hydrogens is 258 g/mol. The van der Waals surface area contributed by atoms with E-state index in [1.807, 2.05) is 27.7 Å². The van der Waals surface area contributed by atoms with Crippen molar-refractivity contribution < 1.29 is 14.3 Å². The minimum atomic E-state index is -0.485. The molecular formula is C14H27N3O3. The highest BCUT2D eigenvalue weighted by Crippen LogP contribution is 2.12. The average molecular weight is 285 g/mol. The second-order valence-corrected chi connectivity index (χ2v) is 6.36. The Morgan fingerprint density at radius 2 is 1.65 bits per heavy atom. The van der Waals surface area contributed by atoms with E-state index in [-0.39, 0.29) is 18.0 Å². The molecule has 0 aromatic carbocycles. The summed E-state index contributed by atoms with van der Waals surface area (Å²) in [5, 5.41) is 0. The van der Waals surface area contributed by atoms with E-state index in [4.69, 9.17) is 10.5 Å². The molecule has 1 heterocycles. The summed E-state index contributed by atoms with van der Waals surface area (Å²) in [6.45, 7) is 9.62. The Hall–Kier alpha value is -1.30. The summed E-state index contributed by atoms with van der Waals surface area (Å²) < 4.78 is 5.32. The number of hydrogen-bond donors (Lipinski definition) is 1. The van der Waals surface area contributed by atoms with Gasteiger partial charge in [-0.2, -0.15) is 0 Å². The van der Waals surface area contributed by atoms with Crippen molar-refractivity contribution in [2.45, 2.75) is 52.2 Å². The zero-order chi connectivity index (χ0) is 15.3. The van der Waals surface area contributed by atoms with Gasteiger partial charge in [0, 0.05) is 38.6 Å². The van der Waals surface area contributed by atoms with Crippen LogP contribution in [0, 0.1) is 0 Å². The predicted molar refractivity (Wildman–Crippen MR) is 77.3 cm³/mol. The third kappa shape index (κ3) is 5.77. The van der Waals surface area contributed by atoms with Crippen LogP contribution in [-0.4, -0.2) is 59.6 Å². The Morgan fingerprint density at radius 1 is 1.15 bits per heavy atom. The van der Waals surface area contributed by atoms with Crippen LogP contribution in [0.25, 0.3) is 0 Å². The number of nitrogens with two attached hydrogens (primary N) is 1. The lowest BCUT2D eigenvalue weighted by molar-refractivity contribution is -0.133. The maximum Gasteiger partial charge on any atom is 0.410 e. The van der Waals surface area contributed by atoms with E-state index >= 15 is 0 Å². The Balaban J connectivity index is 2.36. The van der Waals surface area contributed by atoms with Gasteiger partial charge in [-0.15, -0.1) is 0 Å². The zero-order valence-electron chi connectivity index (χ0n) is 13.0. The molecule has 0 bridgehead atoms. The largest absolute Gasteiger partial charge is 0.444 e. The fraction of sp³-hybridized carbons (Fsp3) is 0.857. The standard InChI is InChI=1S/C14H27N3O3/c1-11(15)5-6-12(18)16-7-9-17(10-8-16)13(19)20-14(2,3)4/h11H,5-10,15H2,1-4H3/t11-/m1/s1. The Kier molecular flexibility index (Phi) is 5.80. The van der Waals surface area contributed by atoms with E-state index in [1.54, 1.807) is 9.80 Å². The minimum Gasteiger partial charge on any atom is -0.444 e. The van der Waals surface area contributed by atoms with Crippen LogP contribution < -0.4 is 5.73 Å². The van der Waals surface area contributed by atoms with Gasteiger partial charge in [0.15, 0.2) is 0 Å². The first-order valence-corrected chi connectivity index (χ1v) is 7.20. The molecule has 2 N–H and O–H groups in total. The fourth-order valence-corrected chi connectivity index (χ4v) is 1.97. The quantitative estimate of drug-likeness (QED) is 0.845. The minimum absolute atomic E-state index is 0.0435. The first kappa shape index (κ1) is 16.8. The summed E-state index contributed by atoms with van der Waals surface area (Å²) in [7, 11) is 0. The van der Waals surface area contributed by atoms with Crippen molar-refractivity contribution in [1.29, 1.82) is 0 Å². The number of carbonyl (C=O) groups excluding carboxylic acids is 2. The van der Waals surface area contributed by atoms with E-state index in [9.17, 15) is 9.59 Å². The molecule has 1 aliphatic rings. The van der Waals surface area contributed by atoms with Gasteiger partial charge in [-0.05, 0) is 34.1 Å². The van der Waals surface area contributed by atoms with E-state index in [1.165, 1.54) is 0 Å². The fourth-order valence-electron chi connectivity index (χ4n) is 1.97. The molecule has 1 fully saturated rings. The summed E-state index contributed by atoms with van der Waals surface area (Å²) in [6.07, 6.45) is 0.870. The third-order valence-electron chi connectivity index (χ3n) is 3.10. The van der Waals surface area contributed by atoms with Crippen LogP contribution in [-0.2, 0) is 9.53 Å². The van der Waals surface area contributed by atoms with Gasteiger partial charge < -0.3 is 20.3 Å². The van der Waals surface area contributed by atoms with Crippen LogP contribution in [0.1, 0.15) is 40.5 Å². The molecule has 6 nitrogen and oxygen atoms in total. The van der Waals surface area contributed by atoms with Crippen LogP contribution in [0.4, 0.5) is 4.79 Å². The van der Waals surface area contributed by atoms with Gasteiger partial charge >= 0.3 is 6.09 Å². The van der Waals surface area contributed by atoms with Crippen LogP contribution in [0.2, 0.25) is 0 Å². The van der Waals surface area contributed by atoms with Crippen molar-refractivity contribution in [1.82, 2.24) is 9.80 Å². The van der Waals surface area contributed by atoms with Crippen LogP contribution in [0.15, 0.2) is 0 Å². The average Bonchev–Trinajstić information content (AvgIpc) is 2.34. The number of amides is 2. The van der Waals surface area contributed by atoms with Gasteiger partial charge in [-0.25, -0.2) is 4.79 Å². The number of piperazine rings is 1. The lowest BCUT2D eigenvalue weighted by atomic mass is 10.1. The number of carbonyl (C=O) groups is 2. The lowest BCUT2D eigenvalue weighted by Crippen LogP contribution is -2.51. The Morgan fingerprint density at radius 3 is 2.10 bits per heavy atom. The number of nitrogens with zero attached hydrogens (tertiary/aromatic N) is 2. The second kappa shape index (κ2) is 6.92. The van der Waals surface area contributed by atoms with Gasteiger partial charge in [0.2, 0.25) is 5.91 Å². The van der Waals surface area contributed by atoms with Crippen molar-refractivity contribution in [3.8, 4) is 0 Å². The number of rotatable bonds is 3. The lowest BCUT2D eigenvalue weighted by Gasteiger charge is -2.35. The number of ether oxygens (including phenoxy) is 1. The molecule has 0 aliphatic carbocycles. The molecule has 1 aliphatic heterocycles. The van der Waals surface area contributed by atoms with Crippen molar-refractivity contribution in [3.63, 3.8) is 0 Å². The van der Waals surface area contributed by atoms with Gasteiger partial charge in [-0.3, -0.25) is 4.79 Å². The maximum atomic E-state index is 11.9.